The largest absolute Gasteiger partial charge is 0.264 e. The number of rotatable bonds is 2. The van der Waals surface area contributed by atoms with Gasteiger partial charge in [0.2, 0.25) is 0 Å². The molecule has 0 bridgehead atoms. The van der Waals surface area contributed by atoms with Crippen molar-refractivity contribution in [1.29, 1.82) is 0 Å². The Morgan fingerprint density at radius 1 is 1.00 bits per heavy atom. The maximum atomic E-state index is 4.25. The highest BCUT2D eigenvalue weighted by Gasteiger charge is 2.11. The molecule has 0 radical (unpaired) electrons. The van der Waals surface area contributed by atoms with Crippen LogP contribution in [0.4, 0.5) is 0 Å². The average Bonchev–Trinajstić information content (AvgIpc) is 2.02. The van der Waals surface area contributed by atoms with E-state index in [1.54, 1.807) is 0 Å². The molecule has 1 rings (SSSR count). The lowest BCUT2D eigenvalue weighted by Gasteiger charge is -2.17. The Labute approximate surface area is 81.2 Å². The third kappa shape index (κ3) is 2.09. The van der Waals surface area contributed by atoms with Gasteiger partial charge in [0.1, 0.15) is 0 Å². The predicted molar refractivity (Wildman–Crippen MR) is 57.2 cm³/mol. The summed E-state index contributed by atoms with van der Waals surface area (Å²) in [6.45, 7) is 11.1. The van der Waals surface area contributed by atoms with Crippen LogP contribution in [0.3, 0.4) is 0 Å². The van der Waals surface area contributed by atoms with Crippen LogP contribution in [-0.2, 0) is 0 Å². The van der Waals surface area contributed by atoms with Gasteiger partial charge >= 0.3 is 0 Å². The minimum absolute atomic E-state index is 0.574. The topological polar surface area (TPSA) is 12.9 Å². The molecule has 0 saturated heterocycles. The number of pyridine rings is 1. The molecule has 0 fully saturated rings. The van der Waals surface area contributed by atoms with Crippen LogP contribution >= 0.6 is 0 Å². The highest BCUT2D eigenvalue weighted by molar-refractivity contribution is 5.35. The lowest BCUT2D eigenvalue weighted by molar-refractivity contribution is 0.775. The second-order valence-electron chi connectivity index (χ2n) is 4.27. The van der Waals surface area contributed by atoms with Crippen molar-refractivity contribution in [2.75, 3.05) is 0 Å². The van der Waals surface area contributed by atoms with Crippen molar-refractivity contribution in [3.63, 3.8) is 0 Å². The van der Waals surface area contributed by atoms with Gasteiger partial charge in [-0.05, 0) is 35.4 Å². The Hall–Kier alpha value is -0.850. The van der Waals surface area contributed by atoms with Crippen molar-refractivity contribution in [3.05, 3.63) is 29.1 Å². The molecular weight excluding hydrogens is 158 g/mol. The van der Waals surface area contributed by atoms with Crippen molar-refractivity contribution in [3.8, 4) is 0 Å². The van der Waals surface area contributed by atoms with Crippen LogP contribution in [0.1, 0.15) is 56.2 Å². The molecule has 1 heteroatoms. The van der Waals surface area contributed by atoms with Gasteiger partial charge in [-0.15, -0.1) is 0 Å². The number of nitrogens with zero attached hydrogens (tertiary/aromatic N) is 1. The van der Waals surface area contributed by atoms with Gasteiger partial charge in [-0.1, -0.05) is 27.7 Å². The Morgan fingerprint density at radius 2 is 1.62 bits per heavy atom. The molecule has 1 nitrogen and oxygen atoms in total. The Balaban J connectivity index is 3.26. The SMILES string of the molecule is Cc1cncc(C(C)C)c1C(C)C. The van der Waals surface area contributed by atoms with Gasteiger partial charge in [0.25, 0.3) is 0 Å². The Morgan fingerprint density at radius 3 is 2.00 bits per heavy atom. The molecule has 0 unspecified atom stereocenters. The van der Waals surface area contributed by atoms with E-state index >= 15 is 0 Å². The predicted octanol–water partition coefficient (Wildman–Crippen LogP) is 3.64. The smallest absolute Gasteiger partial charge is 0.0305 e. The molecule has 0 aliphatic carbocycles. The van der Waals surface area contributed by atoms with E-state index in [2.05, 4.69) is 39.6 Å². The monoisotopic (exact) mass is 177 g/mol. The zero-order valence-corrected chi connectivity index (χ0v) is 9.26. The van der Waals surface area contributed by atoms with Crippen molar-refractivity contribution in [2.45, 2.75) is 46.5 Å². The number of hydrogen-bond donors (Lipinski definition) is 0. The molecule has 1 heterocycles. The summed E-state index contributed by atoms with van der Waals surface area (Å²) < 4.78 is 0. The lowest BCUT2D eigenvalue weighted by Crippen LogP contribution is -2.02. The molecule has 13 heavy (non-hydrogen) atoms. The van der Waals surface area contributed by atoms with Crippen LogP contribution in [0.2, 0.25) is 0 Å². The minimum atomic E-state index is 0.574. The van der Waals surface area contributed by atoms with E-state index < -0.39 is 0 Å². The van der Waals surface area contributed by atoms with Gasteiger partial charge in [-0.25, -0.2) is 0 Å². The van der Waals surface area contributed by atoms with Crippen LogP contribution in [0, 0.1) is 6.92 Å². The minimum Gasteiger partial charge on any atom is -0.264 e. The van der Waals surface area contributed by atoms with E-state index in [1.165, 1.54) is 16.7 Å². The standard InChI is InChI=1S/C12H19N/c1-8(2)11-7-13-6-10(5)12(11)9(3)4/h6-9H,1-5H3. The maximum absolute atomic E-state index is 4.25. The fourth-order valence-electron chi connectivity index (χ4n) is 1.84. The summed E-state index contributed by atoms with van der Waals surface area (Å²) in [5, 5.41) is 0. The average molecular weight is 177 g/mol. The summed E-state index contributed by atoms with van der Waals surface area (Å²) in [6, 6.07) is 0. The molecule has 0 aliphatic rings. The van der Waals surface area contributed by atoms with Crippen LogP contribution < -0.4 is 0 Å². The van der Waals surface area contributed by atoms with Crippen molar-refractivity contribution in [2.24, 2.45) is 0 Å². The van der Waals surface area contributed by atoms with Crippen molar-refractivity contribution in [1.82, 2.24) is 4.98 Å². The summed E-state index contributed by atoms with van der Waals surface area (Å²) in [5.74, 6) is 1.17. The van der Waals surface area contributed by atoms with Crippen LogP contribution in [0.15, 0.2) is 12.4 Å². The van der Waals surface area contributed by atoms with Crippen LogP contribution in [0.5, 0.6) is 0 Å². The van der Waals surface area contributed by atoms with E-state index in [9.17, 15) is 0 Å². The van der Waals surface area contributed by atoms with Gasteiger partial charge in [0.05, 0.1) is 0 Å². The van der Waals surface area contributed by atoms with E-state index in [-0.39, 0.29) is 0 Å². The van der Waals surface area contributed by atoms with E-state index in [1.807, 2.05) is 12.4 Å². The summed E-state index contributed by atoms with van der Waals surface area (Å²) >= 11 is 0. The summed E-state index contributed by atoms with van der Waals surface area (Å²) in [7, 11) is 0. The van der Waals surface area contributed by atoms with Gasteiger partial charge in [-0.3, -0.25) is 4.98 Å². The molecule has 0 aliphatic heterocycles. The first-order valence-electron chi connectivity index (χ1n) is 4.98. The van der Waals surface area contributed by atoms with Gasteiger partial charge < -0.3 is 0 Å². The Kier molecular flexibility index (Phi) is 3.07. The molecular formula is C12H19N. The molecule has 0 spiro atoms. The highest BCUT2D eigenvalue weighted by atomic mass is 14.6. The third-order valence-corrected chi connectivity index (χ3v) is 2.42. The van der Waals surface area contributed by atoms with Gasteiger partial charge in [0.15, 0.2) is 0 Å². The maximum Gasteiger partial charge on any atom is 0.0305 e. The van der Waals surface area contributed by atoms with E-state index in [0.29, 0.717) is 11.8 Å². The van der Waals surface area contributed by atoms with Crippen molar-refractivity contribution >= 4 is 0 Å². The summed E-state index contributed by atoms with van der Waals surface area (Å²) in [6.07, 6.45) is 3.97. The van der Waals surface area contributed by atoms with Crippen LogP contribution in [-0.4, -0.2) is 4.98 Å². The fourth-order valence-corrected chi connectivity index (χ4v) is 1.84. The molecule has 0 aromatic carbocycles. The second-order valence-corrected chi connectivity index (χ2v) is 4.27. The fraction of sp³-hybridized carbons (Fsp3) is 0.583. The van der Waals surface area contributed by atoms with Crippen molar-refractivity contribution < 1.29 is 0 Å². The first kappa shape index (κ1) is 10.2. The first-order valence-corrected chi connectivity index (χ1v) is 4.98. The summed E-state index contributed by atoms with van der Waals surface area (Å²) in [5.41, 5.74) is 4.20. The molecule has 72 valence electrons. The van der Waals surface area contributed by atoms with E-state index in [4.69, 9.17) is 0 Å². The summed E-state index contributed by atoms with van der Waals surface area (Å²) in [4.78, 5) is 4.25. The molecule has 0 amide bonds. The second kappa shape index (κ2) is 3.91. The highest BCUT2D eigenvalue weighted by Crippen LogP contribution is 2.27. The van der Waals surface area contributed by atoms with Gasteiger partial charge in [-0.2, -0.15) is 0 Å². The third-order valence-electron chi connectivity index (χ3n) is 2.42. The zero-order valence-electron chi connectivity index (χ0n) is 9.26. The zero-order chi connectivity index (χ0) is 10.0. The number of aryl methyl sites for hydroxylation is 1. The molecule has 0 saturated carbocycles. The molecule has 1 aromatic heterocycles. The first-order chi connectivity index (χ1) is 6.04. The quantitative estimate of drug-likeness (QED) is 0.672. The molecule has 0 N–H and O–H groups in total. The molecule has 1 aromatic rings. The number of hydrogen-bond acceptors (Lipinski definition) is 1. The van der Waals surface area contributed by atoms with Crippen LogP contribution in [0.25, 0.3) is 0 Å². The number of aromatic nitrogens is 1. The molecule has 0 atom stereocenters. The van der Waals surface area contributed by atoms with E-state index in [0.717, 1.165) is 0 Å². The van der Waals surface area contributed by atoms with Gasteiger partial charge in [0, 0.05) is 12.4 Å². The Bertz CT molecular complexity index is 287. The normalized spacial score (nSPS) is 11.3. The lowest BCUT2D eigenvalue weighted by atomic mass is 9.89.